The fourth-order valence-corrected chi connectivity index (χ4v) is 3.71. The first-order valence-electron chi connectivity index (χ1n) is 13.1. The van der Waals surface area contributed by atoms with Crippen molar-refractivity contribution in [2.75, 3.05) is 26.5 Å². The number of primary amides is 1. The lowest BCUT2D eigenvalue weighted by Gasteiger charge is -2.26. The normalized spacial score (nSPS) is 12.0. The van der Waals surface area contributed by atoms with E-state index in [0.29, 0.717) is 24.2 Å². The van der Waals surface area contributed by atoms with Crippen LogP contribution in [0.3, 0.4) is 0 Å². The van der Waals surface area contributed by atoms with Crippen molar-refractivity contribution in [1.29, 1.82) is 0 Å². The van der Waals surface area contributed by atoms with Crippen LogP contribution in [0.5, 0.6) is 0 Å². The minimum absolute atomic E-state index is 0.102. The molecule has 1 aromatic carbocycles. The molecule has 2 heterocycles. The Morgan fingerprint density at radius 3 is 2.51 bits per heavy atom. The number of nitrogens with two attached hydrogens (primary N) is 1. The zero-order valence-corrected chi connectivity index (χ0v) is 24.4. The first-order chi connectivity index (χ1) is 19.2. The van der Waals surface area contributed by atoms with Crippen molar-refractivity contribution < 1.29 is 24.2 Å². The number of fused-ring (bicyclic) bond motifs is 1. The van der Waals surface area contributed by atoms with E-state index in [1.165, 1.54) is 22.7 Å². The molecular formula is C29H40N6O6. The standard InChI is InChI=1S/C27H35N5O4.C2H5NO2/c1-27(2,3)25(35)18-11-9-12-19-24(18)30-21(28-19)17-32-16-10-13-20(26(32)36)29-22(33)14-7-6-8-15-23(34)31(4)5;1-5-2(3)4/h8-13,15-16,25,35H,6-7,14,17H2,1-5H3,(H,28,30)(H,29,33);1H3,(H2,3,4)/b15-8+;. The van der Waals surface area contributed by atoms with Gasteiger partial charge in [-0.25, -0.2) is 9.78 Å². The van der Waals surface area contributed by atoms with Crippen molar-refractivity contribution in [3.63, 3.8) is 0 Å². The molecule has 0 saturated carbocycles. The number of allylic oxidation sites excluding steroid dienone is 1. The molecule has 41 heavy (non-hydrogen) atoms. The Balaban J connectivity index is 0.00000108. The molecule has 0 bridgehead atoms. The van der Waals surface area contributed by atoms with Crippen LogP contribution in [0, 0.1) is 5.41 Å². The molecule has 0 fully saturated rings. The Hall–Kier alpha value is -4.45. The summed E-state index contributed by atoms with van der Waals surface area (Å²) in [4.78, 5) is 55.6. The van der Waals surface area contributed by atoms with Crippen LogP contribution >= 0.6 is 0 Å². The number of hydrogen-bond acceptors (Lipinski definition) is 7. The third kappa shape index (κ3) is 9.91. The van der Waals surface area contributed by atoms with Crippen LogP contribution in [0.25, 0.3) is 11.0 Å². The van der Waals surface area contributed by atoms with Crippen molar-refractivity contribution in [3.05, 3.63) is 70.4 Å². The zero-order chi connectivity index (χ0) is 30.7. The first-order valence-corrected chi connectivity index (χ1v) is 13.1. The first kappa shape index (κ1) is 32.8. The minimum atomic E-state index is -0.745. The number of likely N-dealkylation sites (N-methyl/N-ethyl adjacent to an activating group) is 1. The van der Waals surface area contributed by atoms with E-state index in [9.17, 15) is 24.3 Å². The van der Waals surface area contributed by atoms with Gasteiger partial charge < -0.3 is 35.3 Å². The van der Waals surface area contributed by atoms with Crippen LogP contribution in [0.15, 0.2) is 53.5 Å². The number of hydrogen-bond donors (Lipinski definition) is 4. The van der Waals surface area contributed by atoms with E-state index in [0.717, 1.165) is 11.1 Å². The predicted octanol–water partition coefficient (Wildman–Crippen LogP) is 3.32. The van der Waals surface area contributed by atoms with Crippen LogP contribution in [0.2, 0.25) is 0 Å². The number of imidazole rings is 1. The highest BCUT2D eigenvalue weighted by molar-refractivity contribution is 5.90. The molecule has 2 aromatic heterocycles. The summed E-state index contributed by atoms with van der Waals surface area (Å²) in [6.07, 6.45) is 4.81. The third-order valence-corrected chi connectivity index (χ3v) is 6.00. The number of unbranched alkanes of at least 4 members (excludes halogenated alkanes) is 1. The molecule has 0 aliphatic carbocycles. The summed E-state index contributed by atoms with van der Waals surface area (Å²) >= 11 is 0. The maximum Gasteiger partial charge on any atom is 0.404 e. The van der Waals surface area contributed by atoms with E-state index in [4.69, 9.17) is 0 Å². The molecule has 12 nitrogen and oxygen atoms in total. The van der Waals surface area contributed by atoms with Crippen molar-refractivity contribution in [3.8, 4) is 0 Å². The number of amides is 3. The number of aromatic nitrogens is 3. The number of aliphatic hydroxyl groups excluding tert-OH is 1. The van der Waals surface area contributed by atoms with Gasteiger partial charge in [0.15, 0.2) is 0 Å². The molecule has 3 rings (SSSR count). The molecule has 5 N–H and O–H groups in total. The van der Waals surface area contributed by atoms with Gasteiger partial charge in [-0.05, 0) is 42.5 Å². The van der Waals surface area contributed by atoms with E-state index in [1.807, 2.05) is 39.0 Å². The van der Waals surface area contributed by atoms with Crippen LogP contribution < -0.4 is 16.6 Å². The molecule has 0 aliphatic heterocycles. The van der Waals surface area contributed by atoms with E-state index >= 15 is 0 Å². The van der Waals surface area contributed by atoms with Crippen molar-refractivity contribution in [1.82, 2.24) is 19.4 Å². The zero-order valence-electron chi connectivity index (χ0n) is 24.4. The smallest absolute Gasteiger partial charge is 0.404 e. The Labute approximate surface area is 239 Å². The van der Waals surface area contributed by atoms with Gasteiger partial charge in [0.25, 0.3) is 5.56 Å². The summed E-state index contributed by atoms with van der Waals surface area (Å²) in [7, 11) is 4.58. The molecule has 0 radical (unpaired) electrons. The Morgan fingerprint density at radius 2 is 1.90 bits per heavy atom. The lowest BCUT2D eigenvalue weighted by Crippen LogP contribution is -2.26. The van der Waals surface area contributed by atoms with E-state index in [2.05, 4.69) is 25.8 Å². The van der Waals surface area contributed by atoms with Crippen LogP contribution in [0.4, 0.5) is 10.5 Å². The van der Waals surface area contributed by atoms with Crippen LogP contribution in [-0.2, 0) is 20.9 Å². The van der Waals surface area contributed by atoms with Crippen LogP contribution in [0.1, 0.15) is 57.5 Å². The maximum atomic E-state index is 13.0. The highest BCUT2D eigenvalue weighted by Crippen LogP contribution is 2.35. The monoisotopic (exact) mass is 568 g/mol. The summed E-state index contributed by atoms with van der Waals surface area (Å²) in [5.41, 5.74) is 6.13. The number of carbonyl (C=O) groups excluding carboxylic acids is 3. The molecule has 3 aromatic rings. The number of H-pyrrole nitrogens is 1. The molecule has 3 amide bonds. The molecular weight excluding hydrogens is 528 g/mol. The summed E-state index contributed by atoms with van der Waals surface area (Å²) in [5.74, 6) is 0.209. The number of nitrogens with one attached hydrogen (secondary N) is 2. The second-order valence-corrected chi connectivity index (χ2v) is 10.6. The third-order valence-electron chi connectivity index (χ3n) is 6.00. The van der Waals surface area contributed by atoms with Gasteiger partial charge >= 0.3 is 6.09 Å². The number of aliphatic hydroxyl groups is 1. The number of pyridine rings is 1. The van der Waals surface area contributed by atoms with Gasteiger partial charge in [-0.2, -0.15) is 0 Å². The second-order valence-electron chi connectivity index (χ2n) is 10.6. The second kappa shape index (κ2) is 14.8. The van der Waals surface area contributed by atoms with E-state index < -0.39 is 12.2 Å². The van der Waals surface area contributed by atoms with Gasteiger partial charge in [-0.15, -0.1) is 0 Å². The molecule has 0 saturated heterocycles. The van der Waals surface area contributed by atoms with Gasteiger partial charge in [0.2, 0.25) is 11.8 Å². The average Bonchev–Trinajstić information content (AvgIpc) is 3.32. The summed E-state index contributed by atoms with van der Waals surface area (Å²) in [6, 6.07) is 8.89. The number of ether oxygens (including phenoxy) is 1. The molecule has 0 aliphatic rings. The lowest BCUT2D eigenvalue weighted by molar-refractivity contribution is -0.123. The number of para-hydroxylation sites is 1. The van der Waals surface area contributed by atoms with Gasteiger partial charge in [-0.1, -0.05) is 39.0 Å². The fraction of sp³-hybridized carbons (Fsp3) is 0.414. The number of carbonyl (C=O) groups is 3. The number of benzene rings is 1. The number of rotatable bonds is 9. The Bertz CT molecular complexity index is 1430. The average molecular weight is 569 g/mol. The number of nitrogens with zero attached hydrogens (tertiary/aromatic N) is 3. The van der Waals surface area contributed by atoms with Crippen LogP contribution in [-0.4, -0.2) is 63.7 Å². The molecule has 1 unspecified atom stereocenters. The molecule has 222 valence electrons. The summed E-state index contributed by atoms with van der Waals surface area (Å²) < 4.78 is 5.36. The topological polar surface area (TPSA) is 173 Å². The highest BCUT2D eigenvalue weighted by atomic mass is 16.5. The predicted molar refractivity (Wildman–Crippen MR) is 157 cm³/mol. The summed E-state index contributed by atoms with van der Waals surface area (Å²) in [6.45, 7) is 6.08. The lowest BCUT2D eigenvalue weighted by atomic mass is 9.84. The van der Waals surface area contributed by atoms with Gasteiger partial charge in [0, 0.05) is 32.3 Å². The number of anilines is 1. The van der Waals surface area contributed by atoms with Crippen molar-refractivity contribution in [2.24, 2.45) is 11.1 Å². The molecule has 0 spiro atoms. The molecule has 12 heteroatoms. The van der Waals surface area contributed by atoms with E-state index in [-0.39, 0.29) is 41.4 Å². The summed E-state index contributed by atoms with van der Waals surface area (Å²) in [5, 5.41) is 13.5. The van der Waals surface area contributed by atoms with Gasteiger partial charge in [-0.3, -0.25) is 14.4 Å². The maximum absolute atomic E-state index is 13.0. The molecule has 1 atom stereocenters. The SMILES string of the molecule is CN(C)C(=O)/C=C/CCCC(=O)Nc1cccn(Cc2nc3c(C(O)C(C)(C)C)cccc3[nH]2)c1=O.COC(N)=O. The Kier molecular flexibility index (Phi) is 11.8. The van der Waals surface area contributed by atoms with Crippen molar-refractivity contribution >= 4 is 34.6 Å². The van der Waals surface area contributed by atoms with Gasteiger partial charge in [0.1, 0.15) is 11.5 Å². The van der Waals surface area contributed by atoms with E-state index in [1.54, 1.807) is 38.5 Å². The van der Waals surface area contributed by atoms with Gasteiger partial charge in [0.05, 0.1) is 30.8 Å². The Morgan fingerprint density at radius 1 is 1.22 bits per heavy atom. The number of aromatic amines is 1. The fourth-order valence-electron chi connectivity index (χ4n) is 3.71. The number of methoxy groups -OCH3 is 1. The quantitative estimate of drug-likeness (QED) is 0.226. The minimum Gasteiger partial charge on any atom is -0.453 e. The largest absolute Gasteiger partial charge is 0.453 e. The van der Waals surface area contributed by atoms with Crippen molar-refractivity contribution in [2.45, 2.75) is 52.7 Å². The highest BCUT2D eigenvalue weighted by Gasteiger charge is 2.26.